The highest BCUT2D eigenvalue weighted by Crippen LogP contribution is 2.54. The number of nitrogens with one attached hydrogen (secondary N) is 1. The lowest BCUT2D eigenvalue weighted by Crippen LogP contribution is -2.41. The van der Waals surface area contributed by atoms with Gasteiger partial charge in [-0.3, -0.25) is 4.79 Å². The van der Waals surface area contributed by atoms with Crippen LogP contribution < -0.4 is 5.32 Å². The second-order valence-corrected chi connectivity index (χ2v) is 7.81. The minimum absolute atomic E-state index is 0.0454. The molecular weight excluding hydrogens is 286 g/mol. The Morgan fingerprint density at radius 1 is 1.17 bits per heavy atom. The van der Waals surface area contributed by atoms with Crippen LogP contribution in [0, 0.1) is 0 Å². The van der Waals surface area contributed by atoms with Crippen molar-refractivity contribution in [3.8, 4) is 5.69 Å². The Hall–Kier alpha value is -2.10. The van der Waals surface area contributed by atoms with E-state index >= 15 is 0 Å². The van der Waals surface area contributed by atoms with Crippen molar-refractivity contribution in [2.75, 3.05) is 0 Å². The standard InChI is InChI=1S/C19H23N3O/c1-19(2,3)20-18(23)16-15-12-9-10-13(11-12)17(15)22(21-16)14-7-5-4-6-8-14/h4-8,12-13H,9-11H2,1-3H3,(H,20,23). The fraction of sp³-hybridized carbons (Fsp3) is 0.474. The molecule has 1 amide bonds. The highest BCUT2D eigenvalue weighted by atomic mass is 16.2. The van der Waals surface area contributed by atoms with Gasteiger partial charge in [0, 0.05) is 17.0 Å². The predicted octanol–water partition coefficient (Wildman–Crippen LogP) is 3.77. The van der Waals surface area contributed by atoms with Gasteiger partial charge in [0.2, 0.25) is 0 Å². The number of aromatic nitrogens is 2. The molecule has 1 heterocycles. The Bertz CT molecular complexity index is 755. The monoisotopic (exact) mass is 309 g/mol. The molecule has 0 spiro atoms. The number of amides is 1. The number of carbonyl (C=O) groups excluding carboxylic acids is 1. The van der Waals surface area contributed by atoms with Gasteiger partial charge in [0.1, 0.15) is 0 Å². The van der Waals surface area contributed by atoms with E-state index in [2.05, 4.69) is 17.4 Å². The van der Waals surface area contributed by atoms with E-state index < -0.39 is 0 Å². The van der Waals surface area contributed by atoms with E-state index in [1.807, 2.05) is 43.7 Å². The van der Waals surface area contributed by atoms with E-state index in [9.17, 15) is 4.79 Å². The van der Waals surface area contributed by atoms with Gasteiger partial charge < -0.3 is 5.32 Å². The summed E-state index contributed by atoms with van der Waals surface area (Å²) in [6.07, 6.45) is 3.58. The highest BCUT2D eigenvalue weighted by Gasteiger charge is 2.44. The molecule has 4 rings (SSSR count). The summed E-state index contributed by atoms with van der Waals surface area (Å²) >= 11 is 0. The van der Waals surface area contributed by atoms with Crippen LogP contribution >= 0.6 is 0 Å². The van der Waals surface area contributed by atoms with Crippen LogP contribution in [0.25, 0.3) is 5.69 Å². The third-order valence-corrected chi connectivity index (χ3v) is 4.89. The molecule has 2 unspecified atom stereocenters. The van der Waals surface area contributed by atoms with Crippen LogP contribution in [0.2, 0.25) is 0 Å². The van der Waals surface area contributed by atoms with Gasteiger partial charge in [0.15, 0.2) is 5.69 Å². The van der Waals surface area contributed by atoms with Gasteiger partial charge in [-0.2, -0.15) is 5.10 Å². The number of para-hydroxylation sites is 1. The molecule has 4 nitrogen and oxygen atoms in total. The molecule has 4 heteroatoms. The van der Waals surface area contributed by atoms with Gasteiger partial charge in [-0.15, -0.1) is 0 Å². The van der Waals surface area contributed by atoms with Gasteiger partial charge in [-0.25, -0.2) is 4.68 Å². The molecule has 2 aromatic rings. The summed E-state index contributed by atoms with van der Waals surface area (Å²) in [5, 5.41) is 7.81. The number of hydrogen-bond acceptors (Lipinski definition) is 2. The Balaban J connectivity index is 1.83. The van der Waals surface area contributed by atoms with Crippen LogP contribution in [-0.2, 0) is 0 Å². The SMILES string of the molecule is CC(C)(C)NC(=O)c1nn(-c2ccccc2)c2c1C1CCC2C1. The van der Waals surface area contributed by atoms with E-state index in [0.29, 0.717) is 17.5 Å². The molecule has 2 aliphatic carbocycles. The molecule has 1 N–H and O–H groups in total. The lowest BCUT2D eigenvalue weighted by atomic mass is 9.95. The molecule has 2 atom stereocenters. The third kappa shape index (κ3) is 2.37. The molecule has 1 aromatic heterocycles. The smallest absolute Gasteiger partial charge is 0.272 e. The maximum atomic E-state index is 12.8. The summed E-state index contributed by atoms with van der Waals surface area (Å²) in [5.41, 5.74) is 3.90. The first-order valence-electron chi connectivity index (χ1n) is 8.45. The first-order chi connectivity index (χ1) is 10.9. The molecule has 2 aliphatic rings. The van der Waals surface area contributed by atoms with Crippen LogP contribution in [-0.4, -0.2) is 21.2 Å². The molecule has 120 valence electrons. The lowest BCUT2D eigenvalue weighted by molar-refractivity contribution is 0.0912. The van der Waals surface area contributed by atoms with E-state index in [0.717, 1.165) is 5.69 Å². The summed E-state index contributed by atoms with van der Waals surface area (Å²) in [5.74, 6) is 1.02. The molecular formula is C19H23N3O. The first-order valence-corrected chi connectivity index (χ1v) is 8.45. The fourth-order valence-electron chi connectivity index (χ4n) is 4.06. The van der Waals surface area contributed by atoms with E-state index in [1.165, 1.54) is 30.5 Å². The largest absolute Gasteiger partial charge is 0.346 e. The van der Waals surface area contributed by atoms with Crippen molar-refractivity contribution < 1.29 is 4.79 Å². The summed E-state index contributed by atoms with van der Waals surface area (Å²) in [4.78, 5) is 12.8. The molecule has 1 fully saturated rings. The number of nitrogens with zero attached hydrogens (tertiary/aromatic N) is 2. The summed E-state index contributed by atoms with van der Waals surface area (Å²) in [6, 6.07) is 10.2. The van der Waals surface area contributed by atoms with Crippen molar-refractivity contribution in [2.24, 2.45) is 0 Å². The number of rotatable bonds is 2. The maximum Gasteiger partial charge on any atom is 0.272 e. The molecule has 0 aliphatic heterocycles. The summed E-state index contributed by atoms with van der Waals surface area (Å²) < 4.78 is 2.01. The molecule has 2 bridgehead atoms. The number of benzene rings is 1. The fourth-order valence-corrected chi connectivity index (χ4v) is 4.06. The number of fused-ring (bicyclic) bond motifs is 5. The molecule has 1 aromatic carbocycles. The Morgan fingerprint density at radius 3 is 2.57 bits per heavy atom. The first kappa shape index (κ1) is 14.5. The minimum Gasteiger partial charge on any atom is -0.346 e. The second kappa shape index (κ2) is 4.95. The van der Waals surface area contributed by atoms with E-state index in [1.54, 1.807) is 0 Å². The molecule has 23 heavy (non-hydrogen) atoms. The van der Waals surface area contributed by atoms with Crippen LogP contribution in [0.1, 0.15) is 73.6 Å². The van der Waals surface area contributed by atoms with Crippen molar-refractivity contribution in [2.45, 2.75) is 57.4 Å². The van der Waals surface area contributed by atoms with Crippen LogP contribution in [0.15, 0.2) is 30.3 Å². The zero-order valence-electron chi connectivity index (χ0n) is 14.0. The van der Waals surface area contributed by atoms with Crippen molar-refractivity contribution in [1.29, 1.82) is 0 Å². The van der Waals surface area contributed by atoms with Gasteiger partial charge in [-0.05, 0) is 58.1 Å². The highest BCUT2D eigenvalue weighted by molar-refractivity contribution is 5.95. The van der Waals surface area contributed by atoms with Crippen LogP contribution in [0.3, 0.4) is 0 Å². The van der Waals surface area contributed by atoms with Gasteiger partial charge in [0.25, 0.3) is 5.91 Å². The van der Waals surface area contributed by atoms with Crippen molar-refractivity contribution >= 4 is 5.91 Å². The van der Waals surface area contributed by atoms with Gasteiger partial charge in [-0.1, -0.05) is 18.2 Å². The predicted molar refractivity (Wildman–Crippen MR) is 90.1 cm³/mol. The van der Waals surface area contributed by atoms with Crippen molar-refractivity contribution in [1.82, 2.24) is 15.1 Å². The molecule has 0 saturated heterocycles. The molecule has 1 saturated carbocycles. The number of hydrogen-bond donors (Lipinski definition) is 1. The average Bonchev–Trinajstić information content (AvgIpc) is 3.18. The Labute approximate surface area is 136 Å². The maximum absolute atomic E-state index is 12.8. The van der Waals surface area contributed by atoms with Crippen molar-refractivity contribution in [3.05, 3.63) is 47.3 Å². The van der Waals surface area contributed by atoms with E-state index in [4.69, 9.17) is 5.10 Å². The Morgan fingerprint density at radius 2 is 1.87 bits per heavy atom. The summed E-state index contributed by atoms with van der Waals surface area (Å²) in [6.45, 7) is 6.02. The normalized spacial score (nSPS) is 22.2. The minimum atomic E-state index is -0.252. The summed E-state index contributed by atoms with van der Waals surface area (Å²) in [7, 11) is 0. The van der Waals surface area contributed by atoms with E-state index in [-0.39, 0.29) is 11.4 Å². The zero-order chi connectivity index (χ0) is 16.2. The second-order valence-electron chi connectivity index (χ2n) is 7.81. The number of carbonyl (C=O) groups is 1. The molecule has 0 radical (unpaired) electrons. The van der Waals surface area contributed by atoms with Crippen LogP contribution in [0.4, 0.5) is 0 Å². The topological polar surface area (TPSA) is 46.9 Å². The third-order valence-electron chi connectivity index (χ3n) is 4.89. The van der Waals surface area contributed by atoms with Crippen molar-refractivity contribution in [3.63, 3.8) is 0 Å². The quantitative estimate of drug-likeness (QED) is 0.918. The van der Waals surface area contributed by atoms with Crippen LogP contribution in [0.5, 0.6) is 0 Å². The average molecular weight is 309 g/mol. The lowest BCUT2D eigenvalue weighted by Gasteiger charge is -2.20. The van der Waals surface area contributed by atoms with Gasteiger partial charge in [0.05, 0.1) is 11.4 Å². The van der Waals surface area contributed by atoms with Gasteiger partial charge >= 0.3 is 0 Å². The Kier molecular flexibility index (Phi) is 3.12. The zero-order valence-corrected chi connectivity index (χ0v) is 14.0.